The summed E-state index contributed by atoms with van der Waals surface area (Å²) in [6, 6.07) is 8.31. The van der Waals surface area contributed by atoms with Crippen molar-refractivity contribution in [2.24, 2.45) is 10.7 Å². The number of morpholine rings is 1. The van der Waals surface area contributed by atoms with Gasteiger partial charge in [0, 0.05) is 31.2 Å². The van der Waals surface area contributed by atoms with Crippen LogP contribution in [0.15, 0.2) is 29.3 Å². The molecule has 1 aromatic carbocycles. The van der Waals surface area contributed by atoms with Gasteiger partial charge in [-0.25, -0.2) is 0 Å². The summed E-state index contributed by atoms with van der Waals surface area (Å²) in [7, 11) is 0. The molecule has 6 heteroatoms. The number of halogens is 1. The summed E-state index contributed by atoms with van der Waals surface area (Å²) in [6.45, 7) is 6.12. The Morgan fingerprint density at radius 1 is 1.04 bits per heavy atom. The molecule has 2 fully saturated rings. The third-order valence-electron chi connectivity index (χ3n) is 5.10. The maximum atomic E-state index is 6.31. The second kappa shape index (κ2) is 9.41. The largest absolute Gasteiger partial charge is 0.379 e. The number of ether oxygens (including phenoxy) is 1. The summed E-state index contributed by atoms with van der Waals surface area (Å²) < 4.78 is 5.51. The summed E-state index contributed by atoms with van der Waals surface area (Å²) in [4.78, 5) is 9.45. The van der Waals surface area contributed by atoms with Crippen LogP contribution >= 0.6 is 11.6 Å². The number of rotatable bonds is 4. The molecule has 25 heavy (non-hydrogen) atoms. The standard InChI is InChI=1S/C19H29ClN4O/c20-17-7-5-16(6-8-17)18(23-11-13-25-14-12-23)15-22-19(21)24-9-3-1-2-4-10-24/h5-8,18H,1-4,9-15H2,(H2,21,22). The maximum Gasteiger partial charge on any atom is 0.191 e. The highest BCUT2D eigenvalue weighted by Gasteiger charge is 2.23. The number of nitrogens with two attached hydrogens (primary N) is 1. The highest BCUT2D eigenvalue weighted by atomic mass is 35.5. The zero-order chi connectivity index (χ0) is 17.5. The molecular weight excluding hydrogens is 336 g/mol. The quantitative estimate of drug-likeness (QED) is 0.659. The maximum absolute atomic E-state index is 6.31. The van der Waals surface area contributed by atoms with Crippen LogP contribution in [-0.4, -0.2) is 61.7 Å². The molecule has 0 spiro atoms. The number of nitrogens with zero attached hydrogens (tertiary/aromatic N) is 3. The van der Waals surface area contributed by atoms with Crippen LogP contribution in [0.5, 0.6) is 0 Å². The van der Waals surface area contributed by atoms with Gasteiger partial charge in [0.05, 0.1) is 25.8 Å². The molecule has 1 atom stereocenters. The first-order valence-electron chi connectivity index (χ1n) is 9.36. The van der Waals surface area contributed by atoms with Crippen LogP contribution < -0.4 is 5.73 Å². The molecule has 0 bridgehead atoms. The van der Waals surface area contributed by atoms with Gasteiger partial charge < -0.3 is 15.4 Å². The van der Waals surface area contributed by atoms with Gasteiger partial charge in [-0.1, -0.05) is 36.6 Å². The van der Waals surface area contributed by atoms with E-state index in [0.29, 0.717) is 12.5 Å². The lowest BCUT2D eigenvalue weighted by molar-refractivity contribution is 0.0179. The van der Waals surface area contributed by atoms with Gasteiger partial charge in [0.25, 0.3) is 0 Å². The van der Waals surface area contributed by atoms with Crippen LogP contribution in [0.2, 0.25) is 5.02 Å². The average Bonchev–Trinajstić information content (AvgIpc) is 2.93. The number of aliphatic imine (C=N–C) groups is 1. The van der Waals surface area contributed by atoms with E-state index in [1.165, 1.54) is 31.2 Å². The minimum atomic E-state index is 0.215. The zero-order valence-electron chi connectivity index (χ0n) is 14.9. The third kappa shape index (κ3) is 5.33. The fraction of sp³-hybridized carbons (Fsp3) is 0.632. The molecule has 2 N–H and O–H groups in total. The van der Waals surface area contributed by atoms with Crippen LogP contribution in [0.4, 0.5) is 0 Å². The van der Waals surface area contributed by atoms with Crippen LogP contribution in [0.25, 0.3) is 0 Å². The Kier molecular flexibility index (Phi) is 6.96. The molecule has 2 aliphatic heterocycles. The first-order valence-corrected chi connectivity index (χ1v) is 9.74. The molecule has 0 aliphatic carbocycles. The molecule has 2 saturated heterocycles. The molecule has 5 nitrogen and oxygen atoms in total. The van der Waals surface area contributed by atoms with Crippen molar-refractivity contribution in [2.45, 2.75) is 31.7 Å². The Balaban J connectivity index is 1.72. The van der Waals surface area contributed by atoms with Crippen molar-refractivity contribution in [3.8, 4) is 0 Å². The van der Waals surface area contributed by atoms with Crippen molar-refractivity contribution in [3.05, 3.63) is 34.9 Å². The van der Waals surface area contributed by atoms with E-state index in [1.54, 1.807) is 0 Å². The summed E-state index contributed by atoms with van der Waals surface area (Å²) in [5.74, 6) is 0.689. The molecule has 1 aromatic rings. The Labute approximate surface area is 155 Å². The Hall–Kier alpha value is -1.30. The Bertz CT molecular complexity index is 549. The van der Waals surface area contributed by atoms with Gasteiger partial charge in [0.1, 0.15) is 0 Å². The van der Waals surface area contributed by atoms with Crippen LogP contribution in [0.1, 0.15) is 37.3 Å². The second-order valence-corrected chi connectivity index (χ2v) is 7.25. The van der Waals surface area contributed by atoms with Gasteiger partial charge in [0.2, 0.25) is 0 Å². The van der Waals surface area contributed by atoms with Gasteiger partial charge >= 0.3 is 0 Å². The van der Waals surface area contributed by atoms with E-state index in [-0.39, 0.29) is 6.04 Å². The fourth-order valence-corrected chi connectivity index (χ4v) is 3.71. The highest BCUT2D eigenvalue weighted by molar-refractivity contribution is 6.30. The number of guanidine groups is 1. The van der Waals surface area contributed by atoms with Gasteiger partial charge in [-0.2, -0.15) is 0 Å². The first kappa shape index (κ1) is 18.5. The lowest BCUT2D eigenvalue weighted by Crippen LogP contribution is -2.42. The van der Waals surface area contributed by atoms with E-state index in [1.807, 2.05) is 12.1 Å². The number of hydrogen-bond donors (Lipinski definition) is 1. The first-order chi connectivity index (χ1) is 12.2. The smallest absolute Gasteiger partial charge is 0.191 e. The summed E-state index contributed by atoms with van der Waals surface area (Å²) >= 11 is 6.06. The monoisotopic (exact) mass is 364 g/mol. The predicted octanol–water partition coefficient (Wildman–Crippen LogP) is 2.90. The lowest BCUT2D eigenvalue weighted by atomic mass is 10.0. The Morgan fingerprint density at radius 3 is 2.32 bits per heavy atom. The van der Waals surface area contributed by atoms with Gasteiger partial charge in [0.15, 0.2) is 5.96 Å². The van der Waals surface area contributed by atoms with Crippen molar-refractivity contribution >= 4 is 17.6 Å². The van der Waals surface area contributed by atoms with E-state index < -0.39 is 0 Å². The fourth-order valence-electron chi connectivity index (χ4n) is 3.59. The molecular formula is C19H29ClN4O. The number of hydrogen-bond acceptors (Lipinski definition) is 3. The highest BCUT2D eigenvalue weighted by Crippen LogP contribution is 2.24. The minimum absolute atomic E-state index is 0.215. The SMILES string of the molecule is NC(=NCC(c1ccc(Cl)cc1)N1CCOCC1)N1CCCCCC1. The van der Waals surface area contributed by atoms with Crippen molar-refractivity contribution in [1.29, 1.82) is 0 Å². The van der Waals surface area contributed by atoms with Crippen LogP contribution in [0.3, 0.4) is 0 Å². The zero-order valence-corrected chi connectivity index (χ0v) is 15.6. The second-order valence-electron chi connectivity index (χ2n) is 6.82. The normalized spacial score (nSPS) is 21.8. The molecule has 0 amide bonds. The van der Waals surface area contributed by atoms with Crippen molar-refractivity contribution in [1.82, 2.24) is 9.80 Å². The molecule has 3 rings (SSSR count). The summed E-state index contributed by atoms with van der Waals surface area (Å²) in [5.41, 5.74) is 7.54. The molecule has 138 valence electrons. The van der Waals surface area contributed by atoms with E-state index in [4.69, 9.17) is 27.1 Å². The van der Waals surface area contributed by atoms with Gasteiger partial charge in [-0.05, 0) is 30.5 Å². The molecule has 0 aromatic heterocycles. The van der Waals surface area contributed by atoms with Crippen LogP contribution in [-0.2, 0) is 4.74 Å². The van der Waals surface area contributed by atoms with E-state index in [2.05, 4.69) is 21.9 Å². The number of likely N-dealkylation sites (tertiary alicyclic amines) is 1. The van der Waals surface area contributed by atoms with E-state index >= 15 is 0 Å². The molecule has 0 radical (unpaired) electrons. The third-order valence-corrected chi connectivity index (χ3v) is 5.35. The van der Waals surface area contributed by atoms with E-state index in [0.717, 1.165) is 44.4 Å². The summed E-state index contributed by atoms with van der Waals surface area (Å²) in [6.07, 6.45) is 5.01. The predicted molar refractivity (Wildman–Crippen MR) is 103 cm³/mol. The molecule has 2 heterocycles. The topological polar surface area (TPSA) is 54.1 Å². The molecule has 0 saturated carbocycles. The average molecular weight is 365 g/mol. The molecule has 2 aliphatic rings. The number of benzene rings is 1. The molecule has 1 unspecified atom stereocenters. The Morgan fingerprint density at radius 2 is 1.68 bits per heavy atom. The van der Waals surface area contributed by atoms with Gasteiger partial charge in [-0.15, -0.1) is 0 Å². The van der Waals surface area contributed by atoms with Crippen molar-refractivity contribution in [3.63, 3.8) is 0 Å². The van der Waals surface area contributed by atoms with Crippen molar-refractivity contribution in [2.75, 3.05) is 45.9 Å². The van der Waals surface area contributed by atoms with Crippen LogP contribution in [0, 0.1) is 0 Å². The summed E-state index contributed by atoms with van der Waals surface area (Å²) in [5, 5.41) is 0.761. The minimum Gasteiger partial charge on any atom is -0.379 e. The van der Waals surface area contributed by atoms with Gasteiger partial charge in [-0.3, -0.25) is 9.89 Å². The van der Waals surface area contributed by atoms with E-state index in [9.17, 15) is 0 Å². The lowest BCUT2D eigenvalue weighted by Gasteiger charge is -2.34. The van der Waals surface area contributed by atoms with Crippen molar-refractivity contribution < 1.29 is 4.74 Å².